The van der Waals surface area contributed by atoms with Gasteiger partial charge < -0.3 is 5.32 Å². The Balaban J connectivity index is 1.72. The molecule has 0 aliphatic rings. The lowest BCUT2D eigenvalue weighted by atomic mass is 10.1. The van der Waals surface area contributed by atoms with Crippen LogP contribution in [0.2, 0.25) is 0 Å². The number of nitrogens with one attached hydrogen (secondary N) is 1. The molecule has 0 spiro atoms. The van der Waals surface area contributed by atoms with Gasteiger partial charge in [0.15, 0.2) is 0 Å². The maximum absolute atomic E-state index is 12.0. The van der Waals surface area contributed by atoms with Gasteiger partial charge in [0.1, 0.15) is 6.33 Å². The molecule has 0 aliphatic heterocycles. The highest BCUT2D eigenvalue weighted by atomic mass is 16.1. The monoisotopic (exact) mass is 296 g/mol. The summed E-state index contributed by atoms with van der Waals surface area (Å²) in [4.78, 5) is 24.5. The zero-order valence-corrected chi connectivity index (χ0v) is 12.4. The average Bonchev–Trinajstić information content (AvgIpc) is 2.96. The first kappa shape index (κ1) is 14.1. The van der Waals surface area contributed by atoms with Gasteiger partial charge in [0, 0.05) is 24.0 Å². The van der Waals surface area contributed by atoms with Gasteiger partial charge in [-0.2, -0.15) is 10.1 Å². The van der Waals surface area contributed by atoms with Crippen LogP contribution in [0, 0.1) is 13.8 Å². The lowest BCUT2D eigenvalue weighted by Crippen LogP contribution is -2.14. The van der Waals surface area contributed by atoms with Gasteiger partial charge >= 0.3 is 0 Å². The number of carbonyl (C=O) groups is 1. The van der Waals surface area contributed by atoms with E-state index in [0.29, 0.717) is 24.3 Å². The van der Waals surface area contributed by atoms with Crippen LogP contribution < -0.4 is 5.32 Å². The van der Waals surface area contributed by atoms with Gasteiger partial charge in [0.05, 0.1) is 11.9 Å². The molecule has 3 rings (SSSR count). The minimum absolute atomic E-state index is 0.0505. The molecule has 7 nitrogen and oxygen atoms in total. The molecular formula is C15H16N6O. The number of anilines is 1. The number of rotatable bonds is 4. The molecule has 0 aliphatic carbocycles. The Bertz CT molecular complexity index is 812. The highest BCUT2D eigenvalue weighted by Crippen LogP contribution is 2.15. The fourth-order valence-electron chi connectivity index (χ4n) is 2.42. The van der Waals surface area contributed by atoms with Crippen molar-refractivity contribution in [3.8, 4) is 0 Å². The molecule has 22 heavy (non-hydrogen) atoms. The maximum Gasteiger partial charge on any atom is 0.252 e. The van der Waals surface area contributed by atoms with E-state index in [0.717, 1.165) is 17.0 Å². The van der Waals surface area contributed by atoms with E-state index < -0.39 is 0 Å². The molecule has 3 aromatic heterocycles. The number of nitrogens with zero attached hydrogens (tertiary/aromatic N) is 5. The highest BCUT2D eigenvalue weighted by Gasteiger charge is 2.12. The van der Waals surface area contributed by atoms with Crippen LogP contribution >= 0.6 is 0 Å². The molecule has 1 N–H and O–H groups in total. The van der Waals surface area contributed by atoms with Gasteiger partial charge in [-0.15, -0.1) is 0 Å². The van der Waals surface area contributed by atoms with Crippen LogP contribution in [0.25, 0.3) is 5.78 Å². The van der Waals surface area contributed by atoms with E-state index in [4.69, 9.17) is 0 Å². The summed E-state index contributed by atoms with van der Waals surface area (Å²) in [5, 5.41) is 6.98. The Morgan fingerprint density at radius 1 is 1.36 bits per heavy atom. The van der Waals surface area contributed by atoms with E-state index in [1.165, 1.54) is 6.33 Å². The van der Waals surface area contributed by atoms with E-state index in [9.17, 15) is 4.79 Å². The summed E-state index contributed by atoms with van der Waals surface area (Å²) in [6.07, 6.45) is 5.75. The molecule has 0 bridgehead atoms. The summed E-state index contributed by atoms with van der Waals surface area (Å²) in [6, 6.07) is 3.59. The van der Waals surface area contributed by atoms with Crippen LogP contribution in [-0.4, -0.2) is 30.5 Å². The van der Waals surface area contributed by atoms with Crippen LogP contribution in [-0.2, 0) is 11.2 Å². The third-order valence-corrected chi connectivity index (χ3v) is 3.54. The second kappa shape index (κ2) is 5.88. The van der Waals surface area contributed by atoms with Crippen LogP contribution in [0.3, 0.4) is 0 Å². The summed E-state index contributed by atoms with van der Waals surface area (Å²) in [5.74, 6) is 0.532. The van der Waals surface area contributed by atoms with Crippen molar-refractivity contribution in [3.63, 3.8) is 0 Å². The molecule has 0 saturated carbocycles. The van der Waals surface area contributed by atoms with E-state index in [1.807, 2.05) is 19.9 Å². The molecule has 0 saturated heterocycles. The minimum atomic E-state index is -0.0505. The third kappa shape index (κ3) is 2.78. The van der Waals surface area contributed by atoms with Crippen molar-refractivity contribution < 1.29 is 4.79 Å². The number of aryl methyl sites for hydroxylation is 2. The predicted molar refractivity (Wildman–Crippen MR) is 81.4 cm³/mol. The Morgan fingerprint density at radius 3 is 3.00 bits per heavy atom. The van der Waals surface area contributed by atoms with Gasteiger partial charge in [-0.1, -0.05) is 0 Å². The quantitative estimate of drug-likeness (QED) is 0.792. The Hall–Kier alpha value is -2.83. The van der Waals surface area contributed by atoms with Gasteiger partial charge in [-0.25, -0.2) is 9.50 Å². The summed E-state index contributed by atoms with van der Waals surface area (Å²) in [6.45, 7) is 3.89. The van der Waals surface area contributed by atoms with Crippen molar-refractivity contribution in [2.75, 3.05) is 5.32 Å². The van der Waals surface area contributed by atoms with Crippen LogP contribution in [0.5, 0.6) is 0 Å². The van der Waals surface area contributed by atoms with Gasteiger partial charge in [-0.3, -0.25) is 9.78 Å². The predicted octanol–water partition coefficient (Wildman–Crippen LogP) is 1.71. The lowest BCUT2D eigenvalue weighted by Gasteiger charge is -2.10. The molecular weight excluding hydrogens is 280 g/mol. The lowest BCUT2D eigenvalue weighted by molar-refractivity contribution is -0.116. The van der Waals surface area contributed by atoms with Crippen LogP contribution in [0.15, 0.2) is 30.9 Å². The normalized spacial score (nSPS) is 10.8. The Labute approximate surface area is 127 Å². The SMILES string of the molecule is Cc1nc2ncnn2c(C)c1CCC(=O)Nc1cccnc1. The molecule has 0 fully saturated rings. The zero-order chi connectivity index (χ0) is 15.5. The van der Waals surface area contributed by atoms with Crippen LogP contribution in [0.4, 0.5) is 5.69 Å². The number of hydrogen-bond donors (Lipinski definition) is 1. The molecule has 0 atom stereocenters. The van der Waals surface area contributed by atoms with Gasteiger partial charge in [-0.05, 0) is 38.0 Å². The standard InChI is InChI=1S/C15H16N6O/c1-10-13(11(2)21-15(19-10)17-9-18-21)5-6-14(22)20-12-4-3-7-16-8-12/h3-4,7-9H,5-6H2,1-2H3,(H,20,22). The number of fused-ring (bicyclic) bond motifs is 1. The van der Waals surface area contributed by atoms with E-state index >= 15 is 0 Å². The second-order valence-corrected chi connectivity index (χ2v) is 5.02. The first-order valence-electron chi connectivity index (χ1n) is 7.01. The Kier molecular flexibility index (Phi) is 3.78. The first-order chi connectivity index (χ1) is 10.6. The average molecular weight is 296 g/mol. The number of aromatic nitrogens is 5. The highest BCUT2D eigenvalue weighted by molar-refractivity contribution is 5.90. The molecule has 7 heteroatoms. The molecule has 0 aromatic carbocycles. The van der Waals surface area contributed by atoms with Crippen LogP contribution in [0.1, 0.15) is 23.4 Å². The van der Waals surface area contributed by atoms with Crippen molar-refractivity contribution >= 4 is 17.4 Å². The molecule has 0 radical (unpaired) electrons. The van der Waals surface area contributed by atoms with Crippen molar-refractivity contribution in [3.05, 3.63) is 47.8 Å². The van der Waals surface area contributed by atoms with E-state index in [2.05, 4.69) is 25.4 Å². The van der Waals surface area contributed by atoms with Crippen molar-refractivity contribution in [1.82, 2.24) is 24.6 Å². The van der Waals surface area contributed by atoms with E-state index in [1.54, 1.807) is 23.0 Å². The fraction of sp³-hybridized carbons (Fsp3) is 0.267. The van der Waals surface area contributed by atoms with E-state index in [-0.39, 0.29) is 5.91 Å². The summed E-state index contributed by atoms with van der Waals surface area (Å²) >= 11 is 0. The van der Waals surface area contributed by atoms with Crippen molar-refractivity contribution in [2.45, 2.75) is 26.7 Å². The van der Waals surface area contributed by atoms with Gasteiger partial charge in [0.2, 0.25) is 5.91 Å². The summed E-state index contributed by atoms with van der Waals surface area (Å²) in [7, 11) is 0. The Morgan fingerprint density at radius 2 is 2.23 bits per heavy atom. The first-order valence-corrected chi connectivity index (χ1v) is 7.01. The zero-order valence-electron chi connectivity index (χ0n) is 12.4. The molecule has 0 unspecified atom stereocenters. The third-order valence-electron chi connectivity index (χ3n) is 3.54. The number of carbonyl (C=O) groups excluding carboxylic acids is 1. The number of pyridine rings is 1. The molecule has 1 amide bonds. The van der Waals surface area contributed by atoms with Gasteiger partial charge in [0.25, 0.3) is 5.78 Å². The van der Waals surface area contributed by atoms with Crippen molar-refractivity contribution in [1.29, 1.82) is 0 Å². The molecule has 3 heterocycles. The summed E-state index contributed by atoms with van der Waals surface area (Å²) in [5.41, 5.74) is 3.58. The smallest absolute Gasteiger partial charge is 0.252 e. The largest absolute Gasteiger partial charge is 0.325 e. The molecule has 3 aromatic rings. The fourth-order valence-corrected chi connectivity index (χ4v) is 2.42. The minimum Gasteiger partial charge on any atom is -0.325 e. The molecule has 112 valence electrons. The topological polar surface area (TPSA) is 85.1 Å². The second-order valence-electron chi connectivity index (χ2n) is 5.02. The summed E-state index contributed by atoms with van der Waals surface area (Å²) < 4.78 is 1.70. The number of amides is 1. The number of hydrogen-bond acceptors (Lipinski definition) is 5. The van der Waals surface area contributed by atoms with Crippen molar-refractivity contribution in [2.24, 2.45) is 0 Å². The maximum atomic E-state index is 12.0.